The molecule has 1 unspecified atom stereocenters. The number of hydrogen-bond donors (Lipinski definition) is 2. The molecule has 7 nitrogen and oxygen atoms in total. The quantitative estimate of drug-likeness (QED) is 0.589. The molecule has 28 heavy (non-hydrogen) atoms. The van der Waals surface area contributed by atoms with E-state index >= 15 is 0 Å². The van der Waals surface area contributed by atoms with E-state index in [4.69, 9.17) is 9.47 Å². The molecule has 146 valence electrons. The van der Waals surface area contributed by atoms with Crippen LogP contribution in [-0.4, -0.2) is 35.8 Å². The van der Waals surface area contributed by atoms with Gasteiger partial charge in [-0.2, -0.15) is 0 Å². The van der Waals surface area contributed by atoms with Crippen molar-refractivity contribution in [1.29, 1.82) is 0 Å². The lowest BCUT2D eigenvalue weighted by Gasteiger charge is -2.20. The molecular formula is C21H24N4O3. The molecule has 0 saturated carbocycles. The molecule has 0 saturated heterocycles. The molecule has 0 radical (unpaired) electrons. The number of benzene rings is 2. The number of hydrogen-bond acceptors (Lipinski definition) is 4. The highest BCUT2D eigenvalue weighted by molar-refractivity contribution is 5.74. The van der Waals surface area contributed by atoms with Crippen LogP contribution in [0.4, 0.5) is 4.79 Å². The first-order valence-corrected chi connectivity index (χ1v) is 9.01. The second-order valence-corrected chi connectivity index (χ2v) is 6.16. The molecule has 1 atom stereocenters. The number of para-hydroxylation sites is 1. The summed E-state index contributed by atoms with van der Waals surface area (Å²) in [6, 6.07) is 16.4. The number of carbonyl (C=O) groups is 1. The van der Waals surface area contributed by atoms with Crippen LogP contribution >= 0.6 is 0 Å². The molecule has 2 amide bonds. The van der Waals surface area contributed by atoms with Crippen LogP contribution in [0.2, 0.25) is 0 Å². The molecule has 3 aromatic rings. The summed E-state index contributed by atoms with van der Waals surface area (Å²) in [7, 11) is 3.51. The first kappa shape index (κ1) is 19.3. The molecule has 2 N–H and O–H groups in total. The Morgan fingerprint density at radius 3 is 2.50 bits per heavy atom. The minimum absolute atomic E-state index is 0.291. The lowest BCUT2D eigenvalue weighted by atomic mass is 10.1. The Hall–Kier alpha value is -3.48. The molecule has 3 rings (SSSR count). The lowest BCUT2D eigenvalue weighted by Crippen LogP contribution is -2.40. The van der Waals surface area contributed by atoms with Gasteiger partial charge in [-0.05, 0) is 29.8 Å². The summed E-state index contributed by atoms with van der Waals surface area (Å²) in [5.74, 6) is 2.26. The third-order valence-electron chi connectivity index (χ3n) is 4.24. The molecule has 2 aromatic carbocycles. The monoisotopic (exact) mass is 380 g/mol. The fraction of sp³-hybridized carbons (Fsp3) is 0.238. The molecule has 7 heteroatoms. The Balaban J connectivity index is 1.60. The Bertz CT molecular complexity index is 878. The van der Waals surface area contributed by atoms with E-state index in [0.717, 1.165) is 22.9 Å². The van der Waals surface area contributed by atoms with Gasteiger partial charge in [0.05, 0.1) is 13.7 Å². The molecular weight excluding hydrogens is 356 g/mol. The predicted molar refractivity (Wildman–Crippen MR) is 107 cm³/mol. The van der Waals surface area contributed by atoms with Gasteiger partial charge in [-0.1, -0.05) is 30.3 Å². The molecule has 0 aliphatic rings. The van der Waals surface area contributed by atoms with Crippen LogP contribution < -0.4 is 20.1 Å². The fourth-order valence-electron chi connectivity index (χ4n) is 2.78. The number of nitrogens with zero attached hydrogens (tertiary/aromatic N) is 2. The maximum Gasteiger partial charge on any atom is 0.315 e. The number of methoxy groups -OCH3 is 1. The van der Waals surface area contributed by atoms with E-state index in [1.165, 1.54) is 0 Å². The van der Waals surface area contributed by atoms with Gasteiger partial charge in [-0.3, -0.25) is 0 Å². The van der Waals surface area contributed by atoms with Crippen LogP contribution in [-0.2, 0) is 7.05 Å². The van der Waals surface area contributed by atoms with Crippen molar-refractivity contribution in [2.24, 2.45) is 7.05 Å². The SMILES string of the molecule is COc1ccc(C(NC(=O)NCCOc2ccccc2)c2nccn2C)cc1. The van der Waals surface area contributed by atoms with Crippen molar-refractivity contribution < 1.29 is 14.3 Å². The number of nitrogens with one attached hydrogen (secondary N) is 2. The van der Waals surface area contributed by atoms with Crippen molar-refractivity contribution >= 4 is 6.03 Å². The van der Waals surface area contributed by atoms with Gasteiger partial charge in [0, 0.05) is 19.4 Å². The van der Waals surface area contributed by atoms with Crippen LogP contribution in [0, 0.1) is 0 Å². The maximum absolute atomic E-state index is 12.4. The third-order valence-corrected chi connectivity index (χ3v) is 4.24. The van der Waals surface area contributed by atoms with Crippen LogP contribution in [0.15, 0.2) is 67.0 Å². The number of urea groups is 1. The number of aryl methyl sites for hydroxylation is 1. The van der Waals surface area contributed by atoms with Crippen LogP contribution in [0.3, 0.4) is 0 Å². The Kier molecular flexibility index (Phi) is 6.51. The van der Waals surface area contributed by atoms with Crippen molar-refractivity contribution in [3.8, 4) is 11.5 Å². The molecule has 0 fully saturated rings. The van der Waals surface area contributed by atoms with E-state index in [9.17, 15) is 4.79 Å². The molecule has 0 aliphatic heterocycles. The average Bonchev–Trinajstić information content (AvgIpc) is 3.16. The number of aromatic nitrogens is 2. The predicted octanol–water partition coefficient (Wildman–Crippen LogP) is 2.90. The van der Waals surface area contributed by atoms with Gasteiger partial charge in [0.15, 0.2) is 0 Å². The number of imidazole rings is 1. The molecule has 0 aliphatic carbocycles. The Morgan fingerprint density at radius 1 is 1.11 bits per heavy atom. The average molecular weight is 380 g/mol. The van der Waals surface area contributed by atoms with Gasteiger partial charge in [0.1, 0.15) is 30.0 Å². The second kappa shape index (κ2) is 9.45. The summed E-state index contributed by atoms with van der Waals surface area (Å²) >= 11 is 0. The van der Waals surface area contributed by atoms with Gasteiger partial charge in [0.2, 0.25) is 0 Å². The first-order valence-electron chi connectivity index (χ1n) is 9.01. The first-order chi connectivity index (χ1) is 13.7. The highest BCUT2D eigenvalue weighted by atomic mass is 16.5. The zero-order chi connectivity index (χ0) is 19.8. The topological polar surface area (TPSA) is 77.4 Å². The summed E-state index contributed by atoms with van der Waals surface area (Å²) in [4.78, 5) is 16.8. The van der Waals surface area contributed by atoms with E-state index in [-0.39, 0.29) is 12.1 Å². The van der Waals surface area contributed by atoms with Crippen molar-refractivity contribution in [2.75, 3.05) is 20.3 Å². The standard InChI is InChI=1S/C21H24N4O3/c1-25-14-12-22-20(25)19(16-8-10-17(27-2)11-9-16)24-21(26)23-13-15-28-18-6-4-3-5-7-18/h3-12,14,19H,13,15H2,1-2H3,(H2,23,24,26). The molecule has 1 heterocycles. The van der Waals surface area contributed by atoms with E-state index in [2.05, 4.69) is 15.6 Å². The fourth-order valence-corrected chi connectivity index (χ4v) is 2.78. The van der Waals surface area contributed by atoms with Crippen LogP contribution in [0.5, 0.6) is 11.5 Å². The minimum Gasteiger partial charge on any atom is -0.497 e. The smallest absolute Gasteiger partial charge is 0.315 e. The lowest BCUT2D eigenvalue weighted by molar-refractivity contribution is 0.234. The summed E-state index contributed by atoms with van der Waals surface area (Å²) < 4.78 is 12.7. The van der Waals surface area contributed by atoms with E-state index in [1.54, 1.807) is 13.3 Å². The highest BCUT2D eigenvalue weighted by Crippen LogP contribution is 2.22. The maximum atomic E-state index is 12.4. The van der Waals surface area contributed by atoms with E-state index in [1.807, 2.05) is 72.4 Å². The molecule has 0 bridgehead atoms. The molecule has 1 aromatic heterocycles. The van der Waals surface area contributed by atoms with Gasteiger partial charge in [0.25, 0.3) is 0 Å². The van der Waals surface area contributed by atoms with Crippen molar-refractivity contribution in [3.05, 3.63) is 78.4 Å². The minimum atomic E-state index is -0.388. The van der Waals surface area contributed by atoms with E-state index < -0.39 is 0 Å². The van der Waals surface area contributed by atoms with Crippen LogP contribution in [0.1, 0.15) is 17.4 Å². The largest absolute Gasteiger partial charge is 0.497 e. The third kappa shape index (κ3) is 5.03. The zero-order valence-electron chi connectivity index (χ0n) is 16.0. The van der Waals surface area contributed by atoms with Gasteiger partial charge < -0.3 is 24.7 Å². The highest BCUT2D eigenvalue weighted by Gasteiger charge is 2.20. The summed E-state index contributed by atoms with van der Waals surface area (Å²) in [5.41, 5.74) is 0.908. The van der Waals surface area contributed by atoms with Gasteiger partial charge in [-0.25, -0.2) is 9.78 Å². The molecule has 0 spiro atoms. The normalized spacial score (nSPS) is 11.5. The Morgan fingerprint density at radius 2 is 1.86 bits per heavy atom. The van der Waals surface area contributed by atoms with Crippen molar-refractivity contribution in [2.45, 2.75) is 6.04 Å². The number of amides is 2. The summed E-state index contributed by atoms with van der Waals surface area (Å²) in [6.07, 6.45) is 3.55. The van der Waals surface area contributed by atoms with Crippen molar-refractivity contribution in [1.82, 2.24) is 20.2 Å². The number of carbonyl (C=O) groups excluding carboxylic acids is 1. The number of rotatable bonds is 8. The summed E-state index contributed by atoms with van der Waals surface area (Å²) in [5, 5.41) is 5.80. The number of ether oxygens (including phenoxy) is 2. The second-order valence-electron chi connectivity index (χ2n) is 6.16. The van der Waals surface area contributed by atoms with Gasteiger partial charge >= 0.3 is 6.03 Å². The Labute approximate surface area is 164 Å². The van der Waals surface area contributed by atoms with E-state index in [0.29, 0.717) is 13.2 Å². The van der Waals surface area contributed by atoms with Gasteiger partial charge in [-0.15, -0.1) is 0 Å². The van der Waals surface area contributed by atoms with Crippen LogP contribution in [0.25, 0.3) is 0 Å². The zero-order valence-corrected chi connectivity index (χ0v) is 16.0. The summed E-state index contributed by atoms with van der Waals surface area (Å²) in [6.45, 7) is 0.768. The van der Waals surface area contributed by atoms with Crippen molar-refractivity contribution in [3.63, 3.8) is 0 Å².